The van der Waals surface area contributed by atoms with Gasteiger partial charge in [-0.05, 0) is 25.9 Å². The molecule has 0 saturated heterocycles. The standard InChI is InChI=1S/C8H19NO2Si/c1-7(2)8(3)9-11-12(5,6)10-4/h7H,1-6H3. The topological polar surface area (TPSA) is 30.8 Å². The van der Waals surface area contributed by atoms with E-state index >= 15 is 0 Å². The van der Waals surface area contributed by atoms with Gasteiger partial charge in [-0.25, -0.2) is 0 Å². The highest BCUT2D eigenvalue weighted by molar-refractivity contribution is 6.64. The van der Waals surface area contributed by atoms with Crippen molar-refractivity contribution in [2.24, 2.45) is 11.1 Å². The van der Waals surface area contributed by atoms with Crippen molar-refractivity contribution in [2.75, 3.05) is 7.11 Å². The summed E-state index contributed by atoms with van der Waals surface area (Å²) in [6, 6.07) is 0. The summed E-state index contributed by atoms with van der Waals surface area (Å²) >= 11 is 0. The molecule has 12 heavy (non-hydrogen) atoms. The first-order valence-electron chi connectivity index (χ1n) is 4.17. The SMILES string of the molecule is CO[Si](C)(C)ON=C(C)C(C)C. The lowest BCUT2D eigenvalue weighted by Gasteiger charge is -2.17. The van der Waals surface area contributed by atoms with Crippen LogP contribution in [-0.4, -0.2) is 21.4 Å². The number of hydrogen-bond acceptors (Lipinski definition) is 3. The van der Waals surface area contributed by atoms with Crippen LogP contribution in [-0.2, 0) is 8.95 Å². The molecule has 0 saturated carbocycles. The van der Waals surface area contributed by atoms with Crippen LogP contribution in [0.3, 0.4) is 0 Å². The van der Waals surface area contributed by atoms with Crippen LogP contribution in [0.5, 0.6) is 0 Å². The van der Waals surface area contributed by atoms with Crippen molar-refractivity contribution in [3.8, 4) is 0 Å². The molecule has 0 aromatic carbocycles. The van der Waals surface area contributed by atoms with Crippen LogP contribution in [0.25, 0.3) is 0 Å². The Morgan fingerprint density at radius 3 is 2.17 bits per heavy atom. The van der Waals surface area contributed by atoms with Gasteiger partial charge in [-0.2, -0.15) is 0 Å². The van der Waals surface area contributed by atoms with Crippen LogP contribution in [0.4, 0.5) is 0 Å². The molecule has 72 valence electrons. The van der Waals surface area contributed by atoms with E-state index in [1.54, 1.807) is 7.11 Å². The van der Waals surface area contributed by atoms with Gasteiger partial charge in [-0.1, -0.05) is 13.8 Å². The van der Waals surface area contributed by atoms with E-state index in [1.807, 2.05) is 20.0 Å². The molecule has 0 amide bonds. The molecule has 0 aliphatic heterocycles. The van der Waals surface area contributed by atoms with E-state index < -0.39 is 8.56 Å². The van der Waals surface area contributed by atoms with E-state index in [-0.39, 0.29) is 0 Å². The van der Waals surface area contributed by atoms with Crippen LogP contribution in [0.15, 0.2) is 5.16 Å². The maximum absolute atomic E-state index is 5.31. The van der Waals surface area contributed by atoms with Crippen molar-refractivity contribution in [3.63, 3.8) is 0 Å². The zero-order valence-corrected chi connectivity index (χ0v) is 9.84. The summed E-state index contributed by atoms with van der Waals surface area (Å²) in [7, 11) is -0.314. The normalized spacial score (nSPS) is 13.8. The number of rotatable bonds is 4. The molecular weight excluding hydrogens is 170 g/mol. The Morgan fingerprint density at radius 2 is 1.83 bits per heavy atom. The number of hydrogen-bond donors (Lipinski definition) is 0. The van der Waals surface area contributed by atoms with Crippen molar-refractivity contribution in [1.29, 1.82) is 0 Å². The van der Waals surface area contributed by atoms with Crippen molar-refractivity contribution < 1.29 is 8.95 Å². The average molecular weight is 189 g/mol. The molecule has 0 spiro atoms. The van der Waals surface area contributed by atoms with Gasteiger partial charge in [0.25, 0.3) is 0 Å². The van der Waals surface area contributed by atoms with Crippen LogP contribution in [0.1, 0.15) is 20.8 Å². The van der Waals surface area contributed by atoms with Gasteiger partial charge in [0.1, 0.15) is 0 Å². The van der Waals surface area contributed by atoms with E-state index in [1.165, 1.54) is 0 Å². The van der Waals surface area contributed by atoms with Crippen molar-refractivity contribution in [3.05, 3.63) is 0 Å². The van der Waals surface area contributed by atoms with Gasteiger partial charge >= 0.3 is 8.56 Å². The molecule has 0 N–H and O–H groups in total. The molecule has 0 aromatic rings. The minimum Gasteiger partial charge on any atom is -0.422 e. The third kappa shape index (κ3) is 4.51. The third-order valence-corrected chi connectivity index (χ3v) is 3.25. The monoisotopic (exact) mass is 189 g/mol. The number of oxime groups is 1. The minimum atomic E-state index is -1.97. The third-order valence-electron chi connectivity index (χ3n) is 1.74. The molecule has 0 heterocycles. The largest absolute Gasteiger partial charge is 0.422 e. The van der Waals surface area contributed by atoms with Gasteiger partial charge in [0.05, 0.1) is 5.71 Å². The fraction of sp³-hybridized carbons (Fsp3) is 0.875. The van der Waals surface area contributed by atoms with Crippen LogP contribution in [0, 0.1) is 5.92 Å². The zero-order valence-electron chi connectivity index (χ0n) is 8.84. The Hall–Kier alpha value is -0.353. The molecule has 3 nitrogen and oxygen atoms in total. The Kier molecular flexibility index (Phi) is 4.48. The fourth-order valence-corrected chi connectivity index (χ4v) is 0.763. The predicted octanol–water partition coefficient (Wildman–Crippen LogP) is 2.38. The lowest BCUT2D eigenvalue weighted by molar-refractivity contribution is 0.219. The van der Waals surface area contributed by atoms with Gasteiger partial charge < -0.3 is 8.95 Å². The Balaban J connectivity index is 4.03. The molecule has 0 aliphatic carbocycles. The fourth-order valence-electron chi connectivity index (χ4n) is 0.325. The second-order valence-corrected chi connectivity index (χ2v) is 6.97. The smallest absolute Gasteiger partial charge is 0.420 e. The van der Waals surface area contributed by atoms with E-state index in [4.69, 9.17) is 8.95 Å². The van der Waals surface area contributed by atoms with Crippen molar-refractivity contribution in [1.82, 2.24) is 0 Å². The molecule has 0 fully saturated rings. The van der Waals surface area contributed by atoms with Crippen molar-refractivity contribution in [2.45, 2.75) is 33.9 Å². The maximum atomic E-state index is 5.31. The summed E-state index contributed by atoms with van der Waals surface area (Å²) in [5.74, 6) is 0.437. The van der Waals surface area contributed by atoms with Crippen LogP contribution < -0.4 is 0 Å². The van der Waals surface area contributed by atoms with Gasteiger partial charge in [0.15, 0.2) is 0 Å². The predicted molar refractivity (Wildman–Crippen MR) is 53.5 cm³/mol. The first-order valence-corrected chi connectivity index (χ1v) is 6.98. The molecule has 0 radical (unpaired) electrons. The molecule has 0 aliphatic rings. The summed E-state index contributed by atoms with van der Waals surface area (Å²) in [4.78, 5) is 0. The quantitative estimate of drug-likeness (QED) is 0.386. The summed E-state index contributed by atoms with van der Waals surface area (Å²) in [5, 5.41) is 4.02. The first kappa shape index (κ1) is 11.6. The van der Waals surface area contributed by atoms with E-state index in [2.05, 4.69) is 19.0 Å². The van der Waals surface area contributed by atoms with Crippen LogP contribution >= 0.6 is 0 Å². The van der Waals surface area contributed by atoms with Gasteiger partial charge in [0, 0.05) is 7.11 Å². The molecule has 0 aromatic heterocycles. The minimum absolute atomic E-state index is 0.437. The van der Waals surface area contributed by atoms with E-state index in [0.29, 0.717) is 5.92 Å². The Labute approximate surface area is 76.0 Å². The maximum Gasteiger partial charge on any atom is 0.420 e. The van der Waals surface area contributed by atoms with E-state index in [0.717, 1.165) is 5.71 Å². The molecule has 0 atom stereocenters. The summed E-state index contributed by atoms with van der Waals surface area (Å²) in [6.45, 7) is 10.1. The number of nitrogens with zero attached hydrogens (tertiary/aromatic N) is 1. The van der Waals surface area contributed by atoms with Gasteiger partial charge in [-0.3, -0.25) is 0 Å². The first-order chi connectivity index (χ1) is 5.39. The Bertz CT molecular complexity index is 166. The highest BCUT2D eigenvalue weighted by Gasteiger charge is 2.24. The van der Waals surface area contributed by atoms with Crippen molar-refractivity contribution >= 4 is 14.3 Å². The van der Waals surface area contributed by atoms with E-state index in [9.17, 15) is 0 Å². The molecular formula is C8H19NO2Si. The second kappa shape index (κ2) is 4.62. The van der Waals surface area contributed by atoms with Gasteiger partial charge in [0.2, 0.25) is 0 Å². The Morgan fingerprint density at radius 1 is 1.33 bits per heavy atom. The second-order valence-electron chi connectivity index (χ2n) is 3.58. The molecule has 0 rings (SSSR count). The van der Waals surface area contributed by atoms with Gasteiger partial charge in [-0.15, -0.1) is 5.16 Å². The molecule has 0 bridgehead atoms. The lowest BCUT2D eigenvalue weighted by atomic mass is 10.1. The lowest BCUT2D eigenvalue weighted by Crippen LogP contribution is -2.31. The highest BCUT2D eigenvalue weighted by atomic mass is 28.4. The van der Waals surface area contributed by atoms with Crippen LogP contribution in [0.2, 0.25) is 13.1 Å². The summed E-state index contributed by atoms with van der Waals surface area (Å²) < 4.78 is 10.5. The zero-order chi connectivity index (χ0) is 9.78. The molecule has 0 unspecified atom stereocenters. The molecule has 4 heteroatoms. The summed E-state index contributed by atoms with van der Waals surface area (Å²) in [5.41, 5.74) is 1.01. The highest BCUT2D eigenvalue weighted by Crippen LogP contribution is 2.06. The summed E-state index contributed by atoms with van der Waals surface area (Å²) in [6.07, 6.45) is 0. The average Bonchev–Trinajstić information content (AvgIpc) is 2.00.